The van der Waals surface area contributed by atoms with Crippen LogP contribution in [-0.2, 0) is 36.8 Å². The van der Waals surface area contributed by atoms with E-state index in [9.17, 15) is 24.0 Å². The summed E-state index contributed by atoms with van der Waals surface area (Å²) in [5.41, 5.74) is 6.68. The molecule has 2 aromatic carbocycles. The Bertz CT molecular complexity index is 1220. The molecule has 11 heteroatoms. The zero-order valence-corrected chi connectivity index (χ0v) is 23.8. The van der Waals surface area contributed by atoms with Crippen molar-refractivity contribution >= 4 is 29.5 Å². The zero-order valence-electron chi connectivity index (χ0n) is 23.8. The van der Waals surface area contributed by atoms with Crippen LogP contribution in [0.15, 0.2) is 60.7 Å². The molecule has 2 rings (SSSR count). The number of Topliss-reactive ketones (excluding diaryl/α,β-unsaturated/α-hetero) is 1. The van der Waals surface area contributed by atoms with E-state index >= 15 is 0 Å². The fraction of sp³-hybridized carbons (Fsp3) is 0.387. The van der Waals surface area contributed by atoms with Gasteiger partial charge in [-0.2, -0.15) is 0 Å². The molecule has 0 aliphatic heterocycles. The SMILES string of the molecule is C#CCOCCC(=O)N[C@H](Cc1ccccc1)C(=O)N[C@@H](Cc1ccccc1)C(=O)N[C@@H](CCCNC(N)=O)C(C)=O. The van der Waals surface area contributed by atoms with Gasteiger partial charge in [0.05, 0.1) is 19.1 Å². The minimum absolute atomic E-state index is 0.000911. The lowest BCUT2D eigenvalue weighted by Gasteiger charge is -2.25. The van der Waals surface area contributed by atoms with E-state index in [2.05, 4.69) is 27.2 Å². The molecule has 0 aliphatic carbocycles. The van der Waals surface area contributed by atoms with Crippen molar-refractivity contribution in [2.24, 2.45) is 5.73 Å². The molecule has 11 nitrogen and oxygen atoms in total. The molecule has 2 aromatic rings. The van der Waals surface area contributed by atoms with E-state index in [-0.39, 0.29) is 51.2 Å². The van der Waals surface area contributed by atoms with Gasteiger partial charge >= 0.3 is 6.03 Å². The monoisotopic (exact) mass is 577 g/mol. The van der Waals surface area contributed by atoms with Crippen molar-refractivity contribution in [2.75, 3.05) is 19.8 Å². The van der Waals surface area contributed by atoms with Gasteiger partial charge in [0, 0.05) is 19.4 Å². The third-order valence-electron chi connectivity index (χ3n) is 6.28. The van der Waals surface area contributed by atoms with Crippen LogP contribution in [0.2, 0.25) is 0 Å². The molecule has 0 radical (unpaired) electrons. The lowest BCUT2D eigenvalue weighted by atomic mass is 10.0. The van der Waals surface area contributed by atoms with Gasteiger partial charge in [-0.1, -0.05) is 66.6 Å². The lowest BCUT2D eigenvalue weighted by Crippen LogP contribution is -2.56. The number of nitrogens with two attached hydrogens (primary N) is 1. The minimum Gasteiger partial charge on any atom is -0.368 e. The second-order valence-corrected chi connectivity index (χ2v) is 9.67. The summed E-state index contributed by atoms with van der Waals surface area (Å²) in [5, 5.41) is 10.7. The summed E-state index contributed by atoms with van der Waals surface area (Å²) < 4.78 is 5.17. The summed E-state index contributed by atoms with van der Waals surface area (Å²) >= 11 is 0. The Labute approximate surface area is 246 Å². The van der Waals surface area contributed by atoms with E-state index < -0.39 is 41.9 Å². The first-order chi connectivity index (χ1) is 20.2. The zero-order chi connectivity index (χ0) is 30.7. The number of carbonyl (C=O) groups excluding carboxylic acids is 5. The Hall–Kier alpha value is -4.69. The number of amides is 5. The van der Waals surface area contributed by atoms with E-state index in [1.165, 1.54) is 6.92 Å². The Morgan fingerprint density at radius 1 is 0.833 bits per heavy atom. The van der Waals surface area contributed by atoms with Gasteiger partial charge in [-0.15, -0.1) is 6.42 Å². The number of rotatable bonds is 18. The van der Waals surface area contributed by atoms with E-state index in [0.29, 0.717) is 6.42 Å². The molecule has 0 saturated heterocycles. The van der Waals surface area contributed by atoms with Crippen molar-refractivity contribution in [3.63, 3.8) is 0 Å². The second kappa shape index (κ2) is 18.6. The van der Waals surface area contributed by atoms with E-state index in [0.717, 1.165) is 11.1 Å². The Morgan fingerprint density at radius 2 is 1.36 bits per heavy atom. The fourth-order valence-electron chi connectivity index (χ4n) is 4.12. The second-order valence-electron chi connectivity index (χ2n) is 9.67. The van der Waals surface area contributed by atoms with Crippen molar-refractivity contribution in [1.82, 2.24) is 21.3 Å². The van der Waals surface area contributed by atoms with E-state index in [4.69, 9.17) is 16.9 Å². The van der Waals surface area contributed by atoms with Crippen molar-refractivity contribution in [3.05, 3.63) is 71.8 Å². The number of ether oxygens (including phenoxy) is 1. The third-order valence-corrected chi connectivity index (χ3v) is 6.28. The Kier molecular flexibility index (Phi) is 14.9. The van der Waals surface area contributed by atoms with Gasteiger partial charge in [0.15, 0.2) is 5.78 Å². The van der Waals surface area contributed by atoms with Crippen LogP contribution in [0.4, 0.5) is 4.79 Å². The van der Waals surface area contributed by atoms with Crippen LogP contribution in [0.25, 0.3) is 0 Å². The van der Waals surface area contributed by atoms with Gasteiger partial charge < -0.3 is 31.7 Å². The maximum Gasteiger partial charge on any atom is 0.312 e. The highest BCUT2D eigenvalue weighted by molar-refractivity contribution is 5.94. The van der Waals surface area contributed by atoms with Crippen LogP contribution < -0.4 is 27.0 Å². The van der Waals surface area contributed by atoms with E-state index in [1.807, 2.05) is 60.7 Å². The molecule has 0 aromatic heterocycles. The molecular weight excluding hydrogens is 538 g/mol. The summed E-state index contributed by atoms with van der Waals surface area (Å²) in [5.74, 6) is 0.536. The number of carbonyl (C=O) groups is 5. The van der Waals surface area contributed by atoms with E-state index in [1.54, 1.807) is 0 Å². The highest BCUT2D eigenvalue weighted by Crippen LogP contribution is 2.09. The number of ketones is 1. The standard InChI is InChI=1S/C31H39N5O6/c1-3-18-42-19-16-28(38)34-26(20-23-11-6-4-7-12-23)29(39)36-27(21-24-13-8-5-9-14-24)30(40)35-25(22(2)37)15-10-17-33-31(32)41/h1,4-9,11-14,25-27H,10,15-21H2,2H3,(H,34,38)(H,35,40)(H,36,39)(H3,32,33,41)/t25-,26+,27-/m0/s1. The van der Waals surface area contributed by atoms with Crippen molar-refractivity contribution in [3.8, 4) is 12.3 Å². The molecular formula is C31H39N5O6. The molecule has 5 amide bonds. The summed E-state index contributed by atoms with van der Waals surface area (Å²) in [7, 11) is 0. The number of hydrogen-bond donors (Lipinski definition) is 5. The highest BCUT2D eigenvalue weighted by atomic mass is 16.5. The maximum absolute atomic E-state index is 13.6. The van der Waals surface area contributed by atoms with Crippen molar-refractivity contribution in [2.45, 2.75) is 57.2 Å². The summed E-state index contributed by atoms with van der Waals surface area (Å²) in [6, 6.07) is 14.7. The van der Waals surface area contributed by atoms with Gasteiger partial charge in [0.2, 0.25) is 17.7 Å². The number of hydrogen-bond acceptors (Lipinski definition) is 6. The molecule has 0 fully saturated rings. The summed E-state index contributed by atoms with van der Waals surface area (Å²) in [6.45, 7) is 1.76. The van der Waals surface area contributed by atoms with Crippen molar-refractivity contribution in [1.29, 1.82) is 0 Å². The van der Waals surface area contributed by atoms with Crippen molar-refractivity contribution < 1.29 is 28.7 Å². The van der Waals surface area contributed by atoms with Crippen LogP contribution in [0.3, 0.4) is 0 Å². The maximum atomic E-state index is 13.6. The van der Waals surface area contributed by atoms with Crippen LogP contribution >= 0.6 is 0 Å². The average molecular weight is 578 g/mol. The summed E-state index contributed by atoms with van der Waals surface area (Å²) in [4.78, 5) is 62.9. The molecule has 0 bridgehead atoms. The van der Waals surface area contributed by atoms with Gasteiger partial charge in [-0.25, -0.2) is 4.79 Å². The topological polar surface area (TPSA) is 169 Å². The fourth-order valence-corrected chi connectivity index (χ4v) is 4.12. The Morgan fingerprint density at radius 3 is 1.86 bits per heavy atom. The molecule has 0 spiro atoms. The number of benzene rings is 2. The Balaban J connectivity index is 2.20. The van der Waals surface area contributed by atoms with Gasteiger partial charge in [-0.05, 0) is 30.9 Å². The molecule has 6 N–H and O–H groups in total. The predicted molar refractivity (Wildman–Crippen MR) is 158 cm³/mol. The summed E-state index contributed by atoms with van der Waals surface area (Å²) in [6.07, 6.45) is 6.17. The predicted octanol–water partition coefficient (Wildman–Crippen LogP) is 1.00. The number of primary amides is 1. The molecule has 0 unspecified atom stereocenters. The molecule has 42 heavy (non-hydrogen) atoms. The largest absolute Gasteiger partial charge is 0.368 e. The first kappa shape index (κ1) is 33.5. The highest BCUT2D eigenvalue weighted by Gasteiger charge is 2.29. The van der Waals surface area contributed by atoms with Gasteiger partial charge in [-0.3, -0.25) is 19.2 Å². The van der Waals surface area contributed by atoms with Gasteiger partial charge in [0.25, 0.3) is 0 Å². The average Bonchev–Trinajstić information content (AvgIpc) is 2.97. The number of nitrogens with one attached hydrogen (secondary N) is 4. The number of urea groups is 1. The molecule has 0 heterocycles. The van der Waals surface area contributed by atoms with Gasteiger partial charge in [0.1, 0.15) is 18.7 Å². The van der Waals surface area contributed by atoms with Crippen LogP contribution in [0, 0.1) is 12.3 Å². The lowest BCUT2D eigenvalue weighted by molar-refractivity contribution is -0.133. The van der Waals surface area contributed by atoms with Crippen LogP contribution in [0.5, 0.6) is 0 Å². The molecule has 3 atom stereocenters. The quantitative estimate of drug-likeness (QED) is 0.131. The number of terminal acetylenes is 1. The first-order valence-electron chi connectivity index (χ1n) is 13.7. The molecule has 224 valence electrons. The molecule has 0 saturated carbocycles. The smallest absolute Gasteiger partial charge is 0.312 e. The first-order valence-corrected chi connectivity index (χ1v) is 13.7. The normalized spacial score (nSPS) is 12.6. The molecule has 0 aliphatic rings. The van der Waals surface area contributed by atoms with Crippen LogP contribution in [0.1, 0.15) is 37.3 Å². The minimum atomic E-state index is -1.04. The third kappa shape index (κ3) is 13.1. The van der Waals surface area contributed by atoms with Crippen LogP contribution in [-0.4, -0.2) is 67.4 Å².